The Labute approximate surface area is 123 Å². The Morgan fingerprint density at radius 2 is 2.00 bits per heavy atom. The molecule has 2 atom stereocenters. The molecule has 1 aromatic rings. The molecule has 0 spiro atoms. The fourth-order valence-electron chi connectivity index (χ4n) is 1.68. The SMILES string of the molecule is Cc1cccnc1[C@H](O)[C@@H](NC(=O)OC(C)(C)C)C(=O)O. The summed E-state index contributed by atoms with van der Waals surface area (Å²) >= 11 is 0. The van der Waals surface area contributed by atoms with Crippen LogP contribution < -0.4 is 5.32 Å². The first kappa shape index (κ1) is 16.9. The molecule has 0 saturated carbocycles. The highest BCUT2D eigenvalue weighted by Crippen LogP contribution is 2.19. The topological polar surface area (TPSA) is 109 Å². The predicted octanol–water partition coefficient (Wildman–Crippen LogP) is 1.40. The molecule has 3 N–H and O–H groups in total. The van der Waals surface area contributed by atoms with Gasteiger partial charge in [-0.2, -0.15) is 0 Å². The summed E-state index contributed by atoms with van der Waals surface area (Å²) in [5, 5.41) is 21.5. The number of aromatic nitrogens is 1. The van der Waals surface area contributed by atoms with Crippen LogP contribution >= 0.6 is 0 Å². The number of rotatable bonds is 4. The molecule has 0 aromatic carbocycles. The van der Waals surface area contributed by atoms with E-state index in [2.05, 4.69) is 10.3 Å². The maximum Gasteiger partial charge on any atom is 0.408 e. The number of aliphatic carboxylic acids is 1. The van der Waals surface area contributed by atoms with Crippen LogP contribution in [0.2, 0.25) is 0 Å². The molecular weight excluding hydrogens is 276 g/mol. The molecule has 0 bridgehead atoms. The molecule has 0 aliphatic rings. The summed E-state index contributed by atoms with van der Waals surface area (Å²) in [6.07, 6.45) is -0.948. The van der Waals surface area contributed by atoms with Gasteiger partial charge in [-0.25, -0.2) is 9.59 Å². The number of carbonyl (C=O) groups is 2. The third kappa shape index (κ3) is 5.03. The van der Waals surface area contributed by atoms with E-state index in [0.717, 1.165) is 0 Å². The van der Waals surface area contributed by atoms with Crippen molar-refractivity contribution in [2.45, 2.75) is 45.4 Å². The van der Waals surface area contributed by atoms with Crippen LogP contribution in [0.4, 0.5) is 4.79 Å². The summed E-state index contributed by atoms with van der Waals surface area (Å²) in [5.74, 6) is -1.38. The Hall–Kier alpha value is -2.15. The molecule has 1 aromatic heterocycles. The maximum absolute atomic E-state index is 11.7. The highest BCUT2D eigenvalue weighted by atomic mass is 16.6. The first-order chi connectivity index (χ1) is 9.61. The zero-order chi connectivity index (χ0) is 16.2. The van der Waals surface area contributed by atoms with Gasteiger partial charge in [0.2, 0.25) is 0 Å². The number of hydrogen-bond acceptors (Lipinski definition) is 5. The van der Waals surface area contributed by atoms with E-state index in [-0.39, 0.29) is 5.69 Å². The molecule has 116 valence electrons. The third-order valence-electron chi connectivity index (χ3n) is 2.58. The molecule has 0 fully saturated rings. The Bertz CT molecular complexity index is 524. The number of carbonyl (C=O) groups excluding carboxylic acids is 1. The zero-order valence-corrected chi connectivity index (χ0v) is 12.5. The number of aliphatic hydroxyl groups excluding tert-OH is 1. The molecule has 1 rings (SSSR count). The minimum Gasteiger partial charge on any atom is -0.480 e. The number of hydrogen-bond donors (Lipinski definition) is 3. The van der Waals surface area contributed by atoms with Crippen LogP contribution in [0.1, 0.15) is 38.1 Å². The fraction of sp³-hybridized carbons (Fsp3) is 0.500. The summed E-state index contributed by atoms with van der Waals surface area (Å²) in [6.45, 7) is 6.66. The lowest BCUT2D eigenvalue weighted by Gasteiger charge is -2.24. The van der Waals surface area contributed by atoms with Crippen molar-refractivity contribution in [3.05, 3.63) is 29.6 Å². The average Bonchev–Trinajstić information content (AvgIpc) is 2.33. The summed E-state index contributed by atoms with van der Waals surface area (Å²) < 4.78 is 4.99. The van der Waals surface area contributed by atoms with E-state index >= 15 is 0 Å². The van der Waals surface area contributed by atoms with Crippen LogP contribution in [0.3, 0.4) is 0 Å². The molecule has 21 heavy (non-hydrogen) atoms. The van der Waals surface area contributed by atoms with Crippen LogP contribution in [-0.4, -0.2) is 38.9 Å². The summed E-state index contributed by atoms with van der Waals surface area (Å²) in [5.41, 5.74) is 0.0575. The number of amides is 1. The van der Waals surface area contributed by atoms with Gasteiger partial charge < -0.3 is 20.3 Å². The summed E-state index contributed by atoms with van der Waals surface area (Å²) in [7, 11) is 0. The molecule has 7 nitrogen and oxygen atoms in total. The van der Waals surface area contributed by atoms with Gasteiger partial charge in [-0.3, -0.25) is 4.98 Å². The van der Waals surface area contributed by atoms with Gasteiger partial charge >= 0.3 is 12.1 Å². The van der Waals surface area contributed by atoms with Gasteiger partial charge in [0.25, 0.3) is 0 Å². The summed E-state index contributed by atoms with van der Waals surface area (Å²) in [6, 6.07) is 1.81. The lowest BCUT2D eigenvalue weighted by Crippen LogP contribution is -2.47. The van der Waals surface area contributed by atoms with E-state index in [0.29, 0.717) is 5.56 Å². The van der Waals surface area contributed by atoms with Gasteiger partial charge in [-0.1, -0.05) is 6.07 Å². The van der Waals surface area contributed by atoms with Gasteiger partial charge in [-0.05, 0) is 39.3 Å². The molecule has 0 aliphatic carbocycles. The number of aryl methyl sites for hydroxylation is 1. The van der Waals surface area contributed by atoms with Crippen molar-refractivity contribution in [1.29, 1.82) is 0 Å². The number of carboxylic acids is 1. The largest absolute Gasteiger partial charge is 0.480 e. The Morgan fingerprint density at radius 1 is 1.38 bits per heavy atom. The molecule has 0 unspecified atom stereocenters. The third-order valence-corrected chi connectivity index (χ3v) is 2.58. The van der Waals surface area contributed by atoms with Crippen molar-refractivity contribution in [3.63, 3.8) is 0 Å². The lowest BCUT2D eigenvalue weighted by atomic mass is 10.0. The average molecular weight is 296 g/mol. The van der Waals surface area contributed by atoms with Crippen LogP contribution in [0.25, 0.3) is 0 Å². The van der Waals surface area contributed by atoms with E-state index in [9.17, 15) is 19.8 Å². The first-order valence-corrected chi connectivity index (χ1v) is 6.43. The van der Waals surface area contributed by atoms with E-state index in [1.807, 2.05) is 0 Å². The molecule has 0 saturated heterocycles. The normalized spacial score (nSPS) is 14.1. The minimum atomic E-state index is -1.55. The second kappa shape index (κ2) is 6.53. The first-order valence-electron chi connectivity index (χ1n) is 6.43. The second-order valence-corrected chi connectivity index (χ2v) is 5.61. The fourth-order valence-corrected chi connectivity index (χ4v) is 1.68. The highest BCUT2D eigenvalue weighted by molar-refractivity contribution is 5.80. The van der Waals surface area contributed by atoms with E-state index < -0.39 is 29.8 Å². The number of nitrogens with zero attached hydrogens (tertiary/aromatic N) is 1. The predicted molar refractivity (Wildman–Crippen MR) is 74.7 cm³/mol. The number of alkyl carbamates (subject to hydrolysis) is 1. The van der Waals surface area contributed by atoms with Gasteiger partial charge in [0.15, 0.2) is 6.04 Å². The van der Waals surface area contributed by atoms with Crippen LogP contribution in [0.15, 0.2) is 18.3 Å². The minimum absolute atomic E-state index is 0.195. The standard InChI is InChI=1S/C14H20N2O5/c1-8-6-5-7-15-9(8)11(17)10(12(18)19)16-13(20)21-14(2,3)4/h5-7,10-11,17H,1-4H3,(H,16,20)(H,18,19)/t10-,11+/m1/s1. The number of pyridine rings is 1. The lowest BCUT2D eigenvalue weighted by molar-refractivity contribution is -0.142. The zero-order valence-electron chi connectivity index (χ0n) is 12.5. The van der Waals surface area contributed by atoms with Crippen molar-refractivity contribution < 1.29 is 24.5 Å². The van der Waals surface area contributed by atoms with Gasteiger partial charge in [-0.15, -0.1) is 0 Å². The molecule has 1 amide bonds. The molecule has 1 heterocycles. The number of carboxylic acid groups (broad SMARTS) is 1. The van der Waals surface area contributed by atoms with Crippen molar-refractivity contribution in [2.75, 3.05) is 0 Å². The van der Waals surface area contributed by atoms with Crippen LogP contribution in [-0.2, 0) is 9.53 Å². The van der Waals surface area contributed by atoms with Crippen LogP contribution in [0, 0.1) is 6.92 Å². The Balaban J connectivity index is 2.90. The molecule has 7 heteroatoms. The van der Waals surface area contributed by atoms with Crippen molar-refractivity contribution in [2.24, 2.45) is 0 Å². The maximum atomic E-state index is 11.7. The highest BCUT2D eigenvalue weighted by Gasteiger charge is 2.32. The van der Waals surface area contributed by atoms with E-state index in [1.165, 1.54) is 6.20 Å². The van der Waals surface area contributed by atoms with Crippen molar-refractivity contribution in [1.82, 2.24) is 10.3 Å². The molecular formula is C14H20N2O5. The van der Waals surface area contributed by atoms with Crippen LogP contribution in [0.5, 0.6) is 0 Å². The Kier molecular flexibility index (Phi) is 5.26. The quantitative estimate of drug-likeness (QED) is 0.775. The van der Waals surface area contributed by atoms with Gasteiger partial charge in [0.05, 0.1) is 5.69 Å². The molecule has 0 radical (unpaired) electrons. The number of ether oxygens (including phenoxy) is 1. The van der Waals surface area contributed by atoms with E-state index in [4.69, 9.17) is 4.74 Å². The smallest absolute Gasteiger partial charge is 0.408 e. The monoisotopic (exact) mass is 296 g/mol. The van der Waals surface area contributed by atoms with Gasteiger partial charge in [0.1, 0.15) is 11.7 Å². The van der Waals surface area contributed by atoms with Crippen molar-refractivity contribution >= 4 is 12.1 Å². The number of aliphatic hydroxyl groups is 1. The summed E-state index contributed by atoms with van der Waals surface area (Å²) in [4.78, 5) is 26.9. The number of nitrogens with one attached hydrogen (secondary N) is 1. The van der Waals surface area contributed by atoms with Gasteiger partial charge in [0, 0.05) is 6.20 Å². The van der Waals surface area contributed by atoms with E-state index in [1.54, 1.807) is 39.8 Å². The van der Waals surface area contributed by atoms with Crippen molar-refractivity contribution in [3.8, 4) is 0 Å². The second-order valence-electron chi connectivity index (χ2n) is 5.61. The Morgan fingerprint density at radius 3 is 2.48 bits per heavy atom. The molecule has 0 aliphatic heterocycles.